The van der Waals surface area contributed by atoms with Crippen molar-refractivity contribution in [3.63, 3.8) is 0 Å². The third-order valence-corrected chi connectivity index (χ3v) is 12.4. The van der Waals surface area contributed by atoms with E-state index in [1.807, 2.05) is 24.6 Å². The van der Waals surface area contributed by atoms with Crippen LogP contribution in [0.2, 0.25) is 0 Å². The van der Waals surface area contributed by atoms with Crippen LogP contribution in [0.15, 0.2) is 41.9 Å². The van der Waals surface area contributed by atoms with Gasteiger partial charge in [-0.05, 0) is 80.7 Å². The molecule has 0 spiro atoms. The van der Waals surface area contributed by atoms with Gasteiger partial charge in [0.05, 0.1) is 34.8 Å². The molecule has 8 rings (SSSR count). The summed E-state index contributed by atoms with van der Waals surface area (Å²) in [5.74, 6) is -0.145. The topological polar surface area (TPSA) is 128 Å². The molecule has 2 aliphatic carbocycles. The van der Waals surface area contributed by atoms with Crippen molar-refractivity contribution in [1.82, 2.24) is 30.3 Å². The van der Waals surface area contributed by atoms with Crippen molar-refractivity contribution in [2.45, 2.75) is 85.0 Å². The largest absolute Gasteiger partial charge is 0.464 e. The van der Waals surface area contributed by atoms with Crippen LogP contribution in [-0.2, 0) is 43.2 Å². The monoisotopic (exact) mass is 724 g/mol. The third kappa shape index (κ3) is 6.43. The number of carbonyl (C=O) groups excluding carboxylic acids is 3. The summed E-state index contributed by atoms with van der Waals surface area (Å²) >= 11 is 1.49. The van der Waals surface area contributed by atoms with Crippen molar-refractivity contribution in [2.24, 2.45) is 29.1 Å². The summed E-state index contributed by atoms with van der Waals surface area (Å²) in [5.41, 5.74) is 9.81. The lowest BCUT2D eigenvalue weighted by Gasteiger charge is -2.35. The van der Waals surface area contributed by atoms with Gasteiger partial charge in [-0.25, -0.2) is 10.4 Å². The number of thiazole rings is 1. The Balaban J connectivity index is 1.25. The minimum absolute atomic E-state index is 0.0809. The number of benzene rings is 1. The number of nitrogens with one attached hydrogen (secondary N) is 2. The number of cyclic esters (lactones) is 1. The number of nitrogens with zero attached hydrogens (tertiary/aromatic N) is 4. The lowest BCUT2D eigenvalue weighted by atomic mass is 9.84. The van der Waals surface area contributed by atoms with E-state index in [9.17, 15) is 14.4 Å². The van der Waals surface area contributed by atoms with Gasteiger partial charge in [-0.15, -0.1) is 11.3 Å². The second-order valence-electron chi connectivity index (χ2n) is 16.0. The summed E-state index contributed by atoms with van der Waals surface area (Å²) in [5, 5.41) is 8.52. The van der Waals surface area contributed by atoms with Crippen LogP contribution in [0.5, 0.6) is 0 Å². The van der Waals surface area contributed by atoms with Crippen molar-refractivity contribution in [3.05, 3.63) is 58.2 Å². The second-order valence-corrected chi connectivity index (χ2v) is 16.9. The van der Waals surface area contributed by atoms with E-state index in [0.717, 1.165) is 69.1 Å². The first-order valence-corrected chi connectivity index (χ1v) is 19.5. The molecule has 2 saturated carbocycles. The summed E-state index contributed by atoms with van der Waals surface area (Å²) in [7, 11) is 1.70. The van der Waals surface area contributed by atoms with Crippen LogP contribution in [0.25, 0.3) is 33.4 Å². The molecule has 4 aromatic rings. The number of hydrogen-bond donors (Lipinski definition) is 2. The molecule has 274 valence electrons. The van der Waals surface area contributed by atoms with Gasteiger partial charge in [0.25, 0.3) is 5.91 Å². The SMILES string of the molecule is CCn1c(-c2cccnc2[C@H](C)OC)c2c3cc(ccc31)-c1csc(n1)C[C@H](NC(=O)[C@H]1C[C@@H]1C)C(=O)N1C[C@@H]3C[C@@H]3[C@H](N1)C(=O)OCC(C)(C)C2. The van der Waals surface area contributed by atoms with E-state index in [1.54, 1.807) is 12.1 Å². The van der Waals surface area contributed by atoms with E-state index in [0.29, 0.717) is 18.9 Å². The molecule has 0 unspecified atom stereocenters. The van der Waals surface area contributed by atoms with Gasteiger partial charge in [-0.1, -0.05) is 26.8 Å². The highest BCUT2D eigenvalue weighted by Crippen LogP contribution is 2.46. The highest BCUT2D eigenvalue weighted by molar-refractivity contribution is 7.10. The fraction of sp³-hybridized carbons (Fsp3) is 0.525. The van der Waals surface area contributed by atoms with E-state index >= 15 is 0 Å². The number of aromatic nitrogens is 3. The maximum Gasteiger partial charge on any atom is 0.325 e. The summed E-state index contributed by atoms with van der Waals surface area (Å²) < 4.78 is 14.3. The molecule has 4 aliphatic rings. The van der Waals surface area contributed by atoms with E-state index in [4.69, 9.17) is 19.4 Å². The van der Waals surface area contributed by atoms with Crippen molar-refractivity contribution < 1.29 is 23.9 Å². The number of methoxy groups -OCH3 is 1. The Bertz CT molecular complexity index is 2050. The van der Waals surface area contributed by atoms with Gasteiger partial charge in [-0.3, -0.25) is 24.4 Å². The third-order valence-electron chi connectivity index (χ3n) is 11.5. The number of amides is 2. The summed E-state index contributed by atoms with van der Waals surface area (Å²) in [4.78, 5) is 51.0. The fourth-order valence-corrected chi connectivity index (χ4v) is 9.08. The van der Waals surface area contributed by atoms with Gasteiger partial charge in [0.1, 0.15) is 12.1 Å². The van der Waals surface area contributed by atoms with Crippen LogP contribution >= 0.6 is 11.3 Å². The molecule has 3 fully saturated rings. The Morgan fingerprint density at radius 3 is 2.79 bits per heavy atom. The number of carbonyl (C=O) groups is 3. The minimum Gasteiger partial charge on any atom is -0.464 e. The molecule has 2 amide bonds. The predicted octanol–water partition coefficient (Wildman–Crippen LogP) is 5.71. The fourth-order valence-electron chi connectivity index (χ4n) is 8.23. The zero-order valence-corrected chi connectivity index (χ0v) is 31.6. The zero-order chi connectivity index (χ0) is 36.5. The lowest BCUT2D eigenvalue weighted by molar-refractivity contribution is -0.156. The lowest BCUT2D eigenvalue weighted by Crippen LogP contribution is -2.61. The number of ether oxygens (including phenoxy) is 2. The van der Waals surface area contributed by atoms with Crippen LogP contribution in [-0.4, -0.2) is 69.7 Å². The van der Waals surface area contributed by atoms with Gasteiger partial charge >= 0.3 is 5.97 Å². The Labute approximate surface area is 308 Å². The maximum atomic E-state index is 14.2. The molecule has 2 N–H and O–H groups in total. The average Bonchev–Trinajstić information content (AvgIpc) is 4.01. The Morgan fingerprint density at radius 2 is 2.04 bits per heavy atom. The van der Waals surface area contributed by atoms with Gasteiger partial charge in [-0.2, -0.15) is 0 Å². The maximum absolute atomic E-state index is 14.2. The quantitative estimate of drug-likeness (QED) is 0.242. The minimum atomic E-state index is -0.810. The zero-order valence-electron chi connectivity index (χ0n) is 30.8. The van der Waals surface area contributed by atoms with Gasteiger partial charge < -0.3 is 19.4 Å². The molecule has 5 heterocycles. The van der Waals surface area contributed by atoms with Crippen LogP contribution in [0.1, 0.15) is 69.8 Å². The van der Waals surface area contributed by atoms with Crippen molar-refractivity contribution >= 4 is 40.0 Å². The van der Waals surface area contributed by atoms with Crippen LogP contribution in [0.3, 0.4) is 0 Å². The number of esters is 1. The van der Waals surface area contributed by atoms with Gasteiger partial charge in [0.2, 0.25) is 5.91 Å². The highest BCUT2D eigenvalue weighted by atomic mass is 32.1. The molecule has 6 bridgehead atoms. The van der Waals surface area contributed by atoms with E-state index < -0.39 is 17.5 Å². The smallest absolute Gasteiger partial charge is 0.325 e. The standard InChI is InChI=1S/C40H48N6O5S/c1-7-45-32-11-10-23-14-28(32)29(36(45)25-9-8-12-41-34(25)22(3)50-6)17-40(4,5)20-51-39(49)35-27-15-24(27)18-46(44-35)38(48)30(16-33-42-31(23)19-52-33)43-37(47)26-13-21(26)2/h8-12,14,19,21-22,24,26-27,30,35,44H,7,13,15-18,20H2,1-6H3,(H,43,47)/t21-,22-,24-,26-,27-,30-,35-/m0/s1. The normalized spacial score (nSPS) is 27.4. The highest BCUT2D eigenvalue weighted by Gasteiger charge is 2.53. The molecular weight excluding hydrogens is 677 g/mol. The first kappa shape index (κ1) is 34.9. The molecule has 0 radical (unpaired) electrons. The number of fused-ring (bicyclic) bond motifs is 8. The van der Waals surface area contributed by atoms with Crippen LogP contribution < -0.4 is 10.7 Å². The molecule has 7 atom stereocenters. The summed E-state index contributed by atoms with van der Waals surface area (Å²) in [6.45, 7) is 11.9. The van der Waals surface area contributed by atoms with Crippen LogP contribution in [0.4, 0.5) is 0 Å². The number of rotatable bonds is 6. The van der Waals surface area contributed by atoms with Crippen molar-refractivity contribution in [3.8, 4) is 22.5 Å². The first-order chi connectivity index (χ1) is 25.0. The molecule has 3 aromatic heterocycles. The molecule has 1 aromatic carbocycles. The van der Waals surface area contributed by atoms with Gasteiger partial charge in [0, 0.05) is 71.6 Å². The molecular formula is C40H48N6O5S. The van der Waals surface area contributed by atoms with Crippen LogP contribution in [0, 0.1) is 29.1 Å². The number of hydrogen-bond acceptors (Lipinski definition) is 9. The van der Waals surface area contributed by atoms with Gasteiger partial charge in [0.15, 0.2) is 0 Å². The van der Waals surface area contributed by atoms with E-state index in [1.165, 1.54) is 11.3 Å². The van der Waals surface area contributed by atoms with E-state index in [-0.39, 0.29) is 54.7 Å². The number of aryl methyl sites for hydroxylation is 1. The van der Waals surface area contributed by atoms with Crippen molar-refractivity contribution in [1.29, 1.82) is 0 Å². The summed E-state index contributed by atoms with van der Waals surface area (Å²) in [6, 6.07) is 9.14. The molecule has 2 aliphatic heterocycles. The Morgan fingerprint density at radius 1 is 1.23 bits per heavy atom. The number of hydrazine groups is 1. The molecule has 52 heavy (non-hydrogen) atoms. The van der Waals surface area contributed by atoms with E-state index in [2.05, 4.69) is 67.3 Å². The summed E-state index contributed by atoms with van der Waals surface area (Å²) in [6.07, 6.45) is 4.16. The first-order valence-electron chi connectivity index (χ1n) is 18.6. The molecule has 1 saturated heterocycles. The number of pyridine rings is 1. The molecule has 11 nitrogen and oxygen atoms in total. The predicted molar refractivity (Wildman–Crippen MR) is 199 cm³/mol. The Hall–Kier alpha value is -4.13. The second kappa shape index (κ2) is 13.4. The Kier molecular flexibility index (Phi) is 8.98. The molecule has 12 heteroatoms. The van der Waals surface area contributed by atoms with Crippen molar-refractivity contribution in [2.75, 3.05) is 20.3 Å². The average molecular weight is 725 g/mol.